The monoisotopic (exact) mass is 696 g/mol. The molecule has 10 heteroatoms. The van der Waals surface area contributed by atoms with Crippen LogP contribution in [0.25, 0.3) is 0 Å². The van der Waals surface area contributed by atoms with Crippen LogP contribution in [0, 0.1) is 23.7 Å². The molecule has 0 saturated carbocycles. The summed E-state index contributed by atoms with van der Waals surface area (Å²) in [5.74, 6) is -0.309. The Hall–Kier alpha value is -2.95. The van der Waals surface area contributed by atoms with Gasteiger partial charge in [0.15, 0.2) is 11.6 Å². The molecule has 1 saturated heterocycles. The number of piperidine rings is 1. The molecule has 49 heavy (non-hydrogen) atoms. The minimum Gasteiger partial charge on any atom is -0.374 e. The van der Waals surface area contributed by atoms with Crippen molar-refractivity contribution in [2.75, 3.05) is 27.7 Å². The highest BCUT2D eigenvalue weighted by molar-refractivity contribution is 7.09. The van der Waals surface area contributed by atoms with Crippen molar-refractivity contribution in [2.45, 2.75) is 117 Å². The fourth-order valence-electron chi connectivity index (χ4n) is 6.97. The van der Waals surface area contributed by atoms with Crippen molar-refractivity contribution in [1.82, 2.24) is 20.1 Å². The fraction of sp³-hybridized carbons (Fsp3) is 0.667. The summed E-state index contributed by atoms with van der Waals surface area (Å²) in [5.41, 5.74) is 1.43. The van der Waals surface area contributed by atoms with Gasteiger partial charge in [0.2, 0.25) is 5.91 Å². The smallest absolute Gasteiger partial charge is 0.271 e. The number of nitrogens with zero attached hydrogens (tertiary/aromatic N) is 3. The predicted molar refractivity (Wildman–Crippen MR) is 197 cm³/mol. The Kier molecular flexibility index (Phi) is 16.1. The van der Waals surface area contributed by atoms with E-state index in [1.807, 2.05) is 44.1 Å². The van der Waals surface area contributed by atoms with E-state index in [2.05, 4.69) is 55.0 Å². The highest BCUT2D eigenvalue weighted by Gasteiger charge is 2.37. The quantitative estimate of drug-likeness (QED) is 0.173. The number of amides is 2. The van der Waals surface area contributed by atoms with E-state index < -0.39 is 18.1 Å². The predicted octanol–water partition coefficient (Wildman–Crippen LogP) is 6.77. The Balaban J connectivity index is 1.65. The van der Waals surface area contributed by atoms with Gasteiger partial charge in [-0.05, 0) is 63.1 Å². The van der Waals surface area contributed by atoms with Gasteiger partial charge in [0.1, 0.15) is 16.8 Å². The molecule has 1 aliphatic rings. The van der Waals surface area contributed by atoms with Gasteiger partial charge in [-0.3, -0.25) is 24.1 Å². The van der Waals surface area contributed by atoms with Gasteiger partial charge in [-0.2, -0.15) is 0 Å². The van der Waals surface area contributed by atoms with Crippen LogP contribution in [0.4, 0.5) is 0 Å². The molecule has 0 unspecified atom stereocenters. The standard InChI is InChI=1S/C39H60N4O5S/c1-10-27(5)30(22-35(45)32-18-14-15-19-42(32)7)39(47)43(8)33(25(2)3)23-36(48-9)38-41-31(24-49-38)37(46)40-28(6)34(44)21-26(4)20-29-16-12-11-13-17-29/h11-13,16-17,24-28,30,32-33,36H,10,14-15,18-23H2,1-9H3,(H,40,46)/t26-,27+,28+,30+,32-,33-,36-/m1/s1. The van der Waals surface area contributed by atoms with Crippen LogP contribution >= 0.6 is 11.3 Å². The first-order valence-corrected chi connectivity index (χ1v) is 19.0. The first-order valence-electron chi connectivity index (χ1n) is 18.1. The zero-order valence-corrected chi connectivity index (χ0v) is 32.1. The van der Waals surface area contributed by atoms with Gasteiger partial charge in [-0.15, -0.1) is 11.3 Å². The van der Waals surface area contributed by atoms with E-state index in [9.17, 15) is 19.2 Å². The molecule has 3 rings (SSSR count). The molecule has 9 nitrogen and oxygen atoms in total. The molecule has 0 spiro atoms. The largest absolute Gasteiger partial charge is 0.374 e. The number of rotatable bonds is 19. The molecular weight excluding hydrogens is 637 g/mol. The molecule has 1 aromatic heterocycles. The first-order chi connectivity index (χ1) is 23.3. The van der Waals surface area contributed by atoms with Gasteiger partial charge in [-0.25, -0.2) is 4.98 Å². The second-order valence-electron chi connectivity index (χ2n) is 14.6. The molecular formula is C39H60N4O5S. The lowest BCUT2D eigenvalue weighted by Crippen LogP contribution is -2.48. The maximum atomic E-state index is 14.1. The van der Waals surface area contributed by atoms with Gasteiger partial charge >= 0.3 is 0 Å². The van der Waals surface area contributed by atoms with E-state index in [4.69, 9.17) is 4.74 Å². The Morgan fingerprint density at radius 3 is 2.37 bits per heavy atom. The summed E-state index contributed by atoms with van der Waals surface area (Å²) in [6, 6.07) is 9.16. The number of aromatic nitrogens is 1. The topological polar surface area (TPSA) is 109 Å². The number of benzene rings is 1. The van der Waals surface area contributed by atoms with Crippen LogP contribution in [0.15, 0.2) is 35.7 Å². The average Bonchev–Trinajstić information content (AvgIpc) is 3.57. The van der Waals surface area contributed by atoms with Crippen molar-refractivity contribution in [3.05, 3.63) is 52.0 Å². The number of nitrogens with one attached hydrogen (secondary N) is 1. The van der Waals surface area contributed by atoms with Crippen LogP contribution < -0.4 is 5.32 Å². The lowest BCUT2D eigenvalue weighted by Gasteiger charge is -2.37. The number of likely N-dealkylation sites (tertiary alicyclic amines) is 1. The Labute approximate surface area is 298 Å². The maximum Gasteiger partial charge on any atom is 0.271 e. The number of hydrogen-bond donors (Lipinski definition) is 1. The molecule has 2 amide bonds. The number of Topliss-reactive ketones (excluding diaryl/α,β-unsaturated/α-hetero) is 2. The van der Waals surface area contributed by atoms with E-state index in [0.717, 1.165) is 38.6 Å². The zero-order chi connectivity index (χ0) is 36.2. The Morgan fingerprint density at radius 1 is 1.06 bits per heavy atom. The first kappa shape index (κ1) is 40.5. The number of likely N-dealkylation sites (N-methyl/N-ethyl adjacent to an activating group) is 1. The van der Waals surface area contributed by atoms with E-state index in [1.54, 1.807) is 19.4 Å². The van der Waals surface area contributed by atoms with Crippen LogP contribution in [-0.2, 0) is 25.5 Å². The van der Waals surface area contributed by atoms with Crippen molar-refractivity contribution in [3.8, 4) is 0 Å². The molecule has 2 heterocycles. The van der Waals surface area contributed by atoms with Gasteiger partial charge < -0.3 is 15.0 Å². The van der Waals surface area contributed by atoms with Crippen LogP contribution in [0.3, 0.4) is 0 Å². The van der Waals surface area contributed by atoms with E-state index in [1.165, 1.54) is 16.9 Å². The molecule has 0 bridgehead atoms. The molecule has 0 aliphatic carbocycles. The van der Waals surface area contributed by atoms with E-state index in [0.29, 0.717) is 17.8 Å². The summed E-state index contributed by atoms with van der Waals surface area (Å²) in [4.78, 5) is 62.2. The minimum atomic E-state index is -0.636. The third-order valence-corrected chi connectivity index (χ3v) is 11.3. The van der Waals surface area contributed by atoms with Gasteiger partial charge in [0, 0.05) is 50.8 Å². The molecule has 0 radical (unpaired) electrons. The zero-order valence-electron chi connectivity index (χ0n) is 31.2. The molecule has 272 valence electrons. The number of hydrogen-bond acceptors (Lipinski definition) is 8. The fourth-order valence-corrected chi connectivity index (χ4v) is 7.86. The normalized spacial score (nSPS) is 19.0. The second kappa shape index (κ2) is 19.4. The van der Waals surface area contributed by atoms with Gasteiger partial charge in [0.05, 0.1) is 12.1 Å². The third-order valence-electron chi connectivity index (χ3n) is 10.4. The van der Waals surface area contributed by atoms with Crippen LogP contribution in [-0.4, -0.2) is 84.0 Å². The van der Waals surface area contributed by atoms with Crippen molar-refractivity contribution in [3.63, 3.8) is 0 Å². The molecule has 1 fully saturated rings. The third kappa shape index (κ3) is 11.5. The van der Waals surface area contributed by atoms with Crippen molar-refractivity contribution in [2.24, 2.45) is 23.7 Å². The summed E-state index contributed by atoms with van der Waals surface area (Å²) in [6.07, 6.45) is 5.29. The molecule has 1 aliphatic heterocycles. The minimum absolute atomic E-state index is 0.00865. The molecule has 7 atom stereocenters. The number of thiazole rings is 1. The highest BCUT2D eigenvalue weighted by atomic mass is 32.1. The summed E-state index contributed by atoms with van der Waals surface area (Å²) in [5, 5.41) is 5.16. The maximum absolute atomic E-state index is 14.1. The average molecular weight is 697 g/mol. The number of ketones is 2. The molecule has 1 N–H and O–H groups in total. The van der Waals surface area contributed by atoms with Crippen LogP contribution in [0.5, 0.6) is 0 Å². The van der Waals surface area contributed by atoms with E-state index in [-0.39, 0.29) is 65.3 Å². The molecule has 1 aromatic carbocycles. The highest BCUT2D eigenvalue weighted by Crippen LogP contribution is 2.32. The van der Waals surface area contributed by atoms with E-state index >= 15 is 0 Å². The Bertz CT molecular complexity index is 1360. The summed E-state index contributed by atoms with van der Waals surface area (Å²) in [6.45, 7) is 13.0. The molecule has 2 aromatic rings. The Morgan fingerprint density at radius 2 is 1.76 bits per heavy atom. The summed E-state index contributed by atoms with van der Waals surface area (Å²) < 4.78 is 5.90. The lowest BCUT2D eigenvalue weighted by atomic mass is 9.83. The summed E-state index contributed by atoms with van der Waals surface area (Å²) >= 11 is 1.34. The summed E-state index contributed by atoms with van der Waals surface area (Å²) in [7, 11) is 5.46. The van der Waals surface area contributed by atoms with Crippen LogP contribution in [0.2, 0.25) is 0 Å². The number of ether oxygens (including phenoxy) is 1. The lowest BCUT2D eigenvalue weighted by molar-refractivity contribution is -0.143. The van der Waals surface area contributed by atoms with Crippen molar-refractivity contribution in [1.29, 1.82) is 0 Å². The van der Waals surface area contributed by atoms with Crippen molar-refractivity contribution < 1.29 is 23.9 Å². The van der Waals surface area contributed by atoms with Gasteiger partial charge in [-0.1, -0.05) is 77.8 Å². The number of methoxy groups -OCH3 is 1. The number of carbonyl (C=O) groups is 4. The second-order valence-corrected chi connectivity index (χ2v) is 15.5. The van der Waals surface area contributed by atoms with Crippen LogP contribution in [0.1, 0.15) is 114 Å². The number of carbonyl (C=O) groups excluding carboxylic acids is 4. The SMILES string of the molecule is CC[C@H](C)[C@H](CC(=O)[C@H]1CCCCN1C)C(=O)N(C)[C@H](C[C@@H](OC)c1nc(C(=O)N[C@@H](C)C(=O)C[C@H](C)Cc2ccccc2)cs1)C(C)C. The van der Waals surface area contributed by atoms with Crippen molar-refractivity contribution >= 4 is 34.7 Å². The van der Waals surface area contributed by atoms with Gasteiger partial charge in [0.25, 0.3) is 5.91 Å².